The summed E-state index contributed by atoms with van der Waals surface area (Å²) in [5.41, 5.74) is 9.50. The van der Waals surface area contributed by atoms with Crippen LogP contribution in [0.3, 0.4) is 0 Å². The van der Waals surface area contributed by atoms with Crippen molar-refractivity contribution in [3.8, 4) is 0 Å². The van der Waals surface area contributed by atoms with Crippen LogP contribution in [0.2, 0.25) is 0 Å². The van der Waals surface area contributed by atoms with Crippen LogP contribution in [-0.2, 0) is 11.3 Å². The standard InChI is InChI=1S/C25H32N4O/c1-18(2)25(3)15-23(30)29(24(26)27-25)16-19-8-7-11-22(14-19)28-13-12-21(17-28)20-9-5-4-6-10-20/h4-11,14,18,21H,12-13,15-17H2,1-3H3,(H2,26,27). The van der Waals surface area contributed by atoms with Gasteiger partial charge in [0.05, 0.1) is 18.5 Å². The van der Waals surface area contributed by atoms with E-state index in [-0.39, 0.29) is 11.8 Å². The zero-order valence-corrected chi connectivity index (χ0v) is 18.2. The van der Waals surface area contributed by atoms with E-state index in [1.54, 1.807) is 4.90 Å². The number of carbonyl (C=O) groups is 1. The van der Waals surface area contributed by atoms with E-state index in [0.717, 1.165) is 25.1 Å². The van der Waals surface area contributed by atoms with Crippen molar-refractivity contribution in [2.24, 2.45) is 16.6 Å². The van der Waals surface area contributed by atoms with Crippen molar-refractivity contribution in [3.63, 3.8) is 0 Å². The maximum absolute atomic E-state index is 12.8. The number of amides is 1. The summed E-state index contributed by atoms with van der Waals surface area (Å²) in [5, 5.41) is 0. The third kappa shape index (κ3) is 4.07. The summed E-state index contributed by atoms with van der Waals surface area (Å²) in [4.78, 5) is 21.6. The first-order chi connectivity index (χ1) is 14.4. The molecule has 4 rings (SSSR count). The molecule has 1 amide bonds. The van der Waals surface area contributed by atoms with Gasteiger partial charge < -0.3 is 10.6 Å². The van der Waals surface area contributed by atoms with E-state index >= 15 is 0 Å². The first kappa shape index (κ1) is 20.5. The van der Waals surface area contributed by atoms with E-state index in [1.165, 1.54) is 11.3 Å². The molecule has 0 bridgehead atoms. The number of nitrogens with zero attached hydrogens (tertiary/aromatic N) is 3. The van der Waals surface area contributed by atoms with E-state index in [9.17, 15) is 4.79 Å². The largest absolute Gasteiger partial charge is 0.371 e. The highest BCUT2D eigenvalue weighted by atomic mass is 16.2. The van der Waals surface area contributed by atoms with Crippen molar-refractivity contribution in [1.82, 2.24) is 4.90 Å². The molecular formula is C25H32N4O. The normalized spacial score (nSPS) is 24.5. The van der Waals surface area contributed by atoms with Gasteiger partial charge in [0, 0.05) is 24.7 Å². The fourth-order valence-corrected chi connectivity index (χ4v) is 4.42. The Morgan fingerprint density at radius 2 is 1.93 bits per heavy atom. The lowest BCUT2D eigenvalue weighted by Crippen LogP contribution is -2.51. The van der Waals surface area contributed by atoms with Crippen molar-refractivity contribution in [1.29, 1.82) is 0 Å². The van der Waals surface area contributed by atoms with Gasteiger partial charge in [-0.1, -0.05) is 56.3 Å². The van der Waals surface area contributed by atoms with Gasteiger partial charge in [-0.2, -0.15) is 0 Å². The second-order valence-electron chi connectivity index (χ2n) is 9.15. The molecule has 0 aliphatic carbocycles. The van der Waals surface area contributed by atoms with Gasteiger partial charge in [-0.05, 0) is 42.5 Å². The molecule has 2 N–H and O–H groups in total. The Hall–Kier alpha value is -2.82. The van der Waals surface area contributed by atoms with Crippen molar-refractivity contribution in [2.45, 2.75) is 51.6 Å². The van der Waals surface area contributed by atoms with Crippen LogP contribution in [0, 0.1) is 5.92 Å². The number of anilines is 1. The van der Waals surface area contributed by atoms with Gasteiger partial charge in [-0.25, -0.2) is 4.99 Å². The number of guanidine groups is 1. The minimum Gasteiger partial charge on any atom is -0.371 e. The molecule has 1 fully saturated rings. The third-order valence-corrected chi connectivity index (χ3v) is 6.78. The molecule has 2 atom stereocenters. The van der Waals surface area contributed by atoms with Gasteiger partial charge in [0.2, 0.25) is 5.91 Å². The molecule has 2 heterocycles. The predicted molar refractivity (Wildman–Crippen MR) is 122 cm³/mol. The third-order valence-electron chi connectivity index (χ3n) is 6.78. The maximum atomic E-state index is 12.8. The number of rotatable bonds is 5. The smallest absolute Gasteiger partial charge is 0.232 e. The second kappa shape index (κ2) is 8.13. The van der Waals surface area contributed by atoms with Gasteiger partial charge in [0.15, 0.2) is 5.96 Å². The average molecular weight is 405 g/mol. The zero-order chi connectivity index (χ0) is 21.3. The number of hydrogen-bond acceptors (Lipinski definition) is 4. The first-order valence-electron chi connectivity index (χ1n) is 10.9. The Morgan fingerprint density at radius 3 is 2.63 bits per heavy atom. The number of aliphatic imine (C=N–C) groups is 1. The van der Waals surface area contributed by atoms with E-state index in [1.807, 2.05) is 6.92 Å². The Balaban J connectivity index is 1.48. The summed E-state index contributed by atoms with van der Waals surface area (Å²) < 4.78 is 0. The lowest BCUT2D eigenvalue weighted by molar-refractivity contribution is -0.130. The van der Waals surface area contributed by atoms with Crippen molar-refractivity contribution < 1.29 is 4.79 Å². The van der Waals surface area contributed by atoms with E-state index in [4.69, 9.17) is 5.73 Å². The predicted octanol–water partition coefficient (Wildman–Crippen LogP) is 4.14. The number of benzene rings is 2. The van der Waals surface area contributed by atoms with Crippen LogP contribution >= 0.6 is 0 Å². The highest BCUT2D eigenvalue weighted by Gasteiger charge is 2.38. The Labute approximate surface area is 179 Å². The van der Waals surface area contributed by atoms with Crippen molar-refractivity contribution in [3.05, 3.63) is 65.7 Å². The summed E-state index contributed by atoms with van der Waals surface area (Å²) in [6.07, 6.45) is 1.56. The molecule has 5 heteroatoms. The van der Waals surface area contributed by atoms with Crippen LogP contribution in [0.15, 0.2) is 59.6 Å². The molecule has 0 spiro atoms. The molecule has 158 valence electrons. The minimum absolute atomic E-state index is 0.0504. The fourth-order valence-electron chi connectivity index (χ4n) is 4.42. The Kier molecular flexibility index (Phi) is 5.54. The minimum atomic E-state index is -0.415. The SMILES string of the molecule is CC(C)C1(C)CC(=O)N(Cc2cccc(N3CCC(c4ccccc4)C3)c2)C(N)=N1. The lowest BCUT2D eigenvalue weighted by atomic mass is 9.84. The molecule has 0 radical (unpaired) electrons. The highest BCUT2D eigenvalue weighted by molar-refractivity contribution is 5.99. The topological polar surface area (TPSA) is 61.9 Å². The molecule has 5 nitrogen and oxygen atoms in total. The average Bonchev–Trinajstić information content (AvgIpc) is 3.22. The quantitative estimate of drug-likeness (QED) is 0.815. The highest BCUT2D eigenvalue weighted by Crippen LogP contribution is 2.32. The number of nitrogens with two attached hydrogens (primary N) is 1. The first-order valence-corrected chi connectivity index (χ1v) is 10.9. The molecule has 0 aromatic heterocycles. The van der Waals surface area contributed by atoms with Gasteiger partial charge >= 0.3 is 0 Å². The summed E-state index contributed by atoms with van der Waals surface area (Å²) in [6.45, 7) is 8.71. The van der Waals surface area contributed by atoms with E-state index in [2.05, 4.69) is 78.3 Å². The molecule has 2 aliphatic rings. The molecular weight excluding hydrogens is 372 g/mol. The Morgan fingerprint density at radius 1 is 1.17 bits per heavy atom. The lowest BCUT2D eigenvalue weighted by Gasteiger charge is -2.37. The molecule has 0 saturated carbocycles. The maximum Gasteiger partial charge on any atom is 0.232 e. The molecule has 1 saturated heterocycles. The summed E-state index contributed by atoms with van der Waals surface area (Å²) >= 11 is 0. The monoisotopic (exact) mass is 404 g/mol. The van der Waals surface area contributed by atoms with Gasteiger partial charge in [0.25, 0.3) is 0 Å². The molecule has 2 unspecified atom stereocenters. The zero-order valence-electron chi connectivity index (χ0n) is 18.2. The van der Waals surface area contributed by atoms with E-state index in [0.29, 0.717) is 24.8 Å². The summed E-state index contributed by atoms with van der Waals surface area (Å²) in [7, 11) is 0. The fraction of sp³-hybridized carbons (Fsp3) is 0.440. The number of hydrogen-bond donors (Lipinski definition) is 1. The summed E-state index contributed by atoms with van der Waals surface area (Å²) in [5.74, 6) is 1.21. The van der Waals surface area contributed by atoms with Crippen LogP contribution in [0.5, 0.6) is 0 Å². The van der Waals surface area contributed by atoms with E-state index < -0.39 is 5.54 Å². The van der Waals surface area contributed by atoms with Crippen LogP contribution in [0.25, 0.3) is 0 Å². The van der Waals surface area contributed by atoms with Gasteiger partial charge in [-0.15, -0.1) is 0 Å². The van der Waals surface area contributed by atoms with Gasteiger partial charge in [-0.3, -0.25) is 9.69 Å². The molecule has 2 aromatic rings. The molecule has 30 heavy (non-hydrogen) atoms. The van der Waals surface area contributed by atoms with Crippen LogP contribution in [0.1, 0.15) is 50.7 Å². The van der Waals surface area contributed by atoms with Gasteiger partial charge in [0.1, 0.15) is 0 Å². The molecule has 2 aromatic carbocycles. The van der Waals surface area contributed by atoms with Crippen molar-refractivity contribution >= 4 is 17.6 Å². The number of carbonyl (C=O) groups excluding carboxylic acids is 1. The Bertz CT molecular complexity index is 939. The van der Waals surface area contributed by atoms with Crippen LogP contribution in [0.4, 0.5) is 5.69 Å². The molecule has 2 aliphatic heterocycles. The summed E-state index contributed by atoms with van der Waals surface area (Å²) in [6, 6.07) is 19.2. The second-order valence-corrected chi connectivity index (χ2v) is 9.15. The van der Waals surface area contributed by atoms with Crippen molar-refractivity contribution in [2.75, 3.05) is 18.0 Å². The van der Waals surface area contributed by atoms with Crippen LogP contribution < -0.4 is 10.6 Å². The van der Waals surface area contributed by atoms with Crippen LogP contribution in [-0.4, -0.2) is 35.4 Å².